The molecule has 1 saturated carbocycles. The van der Waals surface area contributed by atoms with Gasteiger partial charge in [-0.1, -0.05) is 74.0 Å². The standard InChI is InChI=1S/C20H33NOSi/c22-18-23(19-10-4-1-5-11-19,20-12-6-2-7-13-20)17-16-21-14-8-3-9-15-21/h1,4-5,10-11,20,22H,2-3,6-9,12-18H2/t23-/m0/s1. The van der Waals surface area contributed by atoms with Crippen LogP contribution in [0.15, 0.2) is 30.3 Å². The van der Waals surface area contributed by atoms with Crippen molar-refractivity contribution in [3.05, 3.63) is 30.3 Å². The molecular weight excluding hydrogens is 298 g/mol. The van der Waals surface area contributed by atoms with E-state index >= 15 is 0 Å². The fraction of sp³-hybridized carbons (Fsp3) is 0.700. The molecule has 23 heavy (non-hydrogen) atoms. The average Bonchev–Trinajstić information content (AvgIpc) is 2.65. The first-order valence-corrected chi connectivity index (χ1v) is 12.2. The lowest BCUT2D eigenvalue weighted by molar-refractivity contribution is 0.237. The van der Waals surface area contributed by atoms with E-state index in [0.717, 1.165) is 5.54 Å². The number of aliphatic hydroxyl groups excluding tert-OH is 1. The summed E-state index contributed by atoms with van der Waals surface area (Å²) in [6, 6.07) is 12.3. The fourth-order valence-electron chi connectivity index (χ4n) is 4.85. The third-order valence-electron chi connectivity index (χ3n) is 6.34. The highest BCUT2D eigenvalue weighted by Gasteiger charge is 2.42. The molecular formula is C20H33NOSi. The fourth-order valence-corrected chi connectivity index (χ4v) is 9.70. The SMILES string of the molecule is OC[Si@@](CCN1CCCCC1)(c1ccccc1)C1CCCCC1. The first-order valence-electron chi connectivity index (χ1n) is 9.74. The van der Waals surface area contributed by atoms with Crippen LogP contribution in [0.3, 0.4) is 0 Å². The quantitative estimate of drug-likeness (QED) is 0.804. The van der Waals surface area contributed by atoms with Crippen LogP contribution in [-0.4, -0.2) is 43.9 Å². The summed E-state index contributed by atoms with van der Waals surface area (Å²) in [5.41, 5.74) is 0.786. The maximum Gasteiger partial charge on any atom is 0.119 e. The van der Waals surface area contributed by atoms with Gasteiger partial charge in [-0.3, -0.25) is 0 Å². The van der Waals surface area contributed by atoms with Crippen molar-refractivity contribution in [2.24, 2.45) is 0 Å². The zero-order chi connectivity index (χ0) is 16.0. The Kier molecular flexibility index (Phi) is 6.32. The molecule has 2 nitrogen and oxygen atoms in total. The largest absolute Gasteiger partial charge is 0.399 e. The molecule has 128 valence electrons. The summed E-state index contributed by atoms with van der Waals surface area (Å²) in [7, 11) is -1.81. The summed E-state index contributed by atoms with van der Waals surface area (Å²) in [4.78, 5) is 2.66. The van der Waals surface area contributed by atoms with E-state index < -0.39 is 8.07 Å². The summed E-state index contributed by atoms with van der Waals surface area (Å²) in [5.74, 6) is 0. The van der Waals surface area contributed by atoms with Gasteiger partial charge in [0.1, 0.15) is 8.07 Å². The number of benzene rings is 1. The summed E-state index contributed by atoms with van der Waals surface area (Å²) >= 11 is 0. The molecule has 1 aliphatic heterocycles. The first kappa shape index (κ1) is 17.2. The Labute approximate surface area is 142 Å². The number of hydrogen-bond acceptors (Lipinski definition) is 2. The Morgan fingerprint density at radius 2 is 1.57 bits per heavy atom. The van der Waals surface area contributed by atoms with E-state index in [1.54, 1.807) is 0 Å². The van der Waals surface area contributed by atoms with Crippen molar-refractivity contribution in [1.29, 1.82) is 0 Å². The van der Waals surface area contributed by atoms with Crippen LogP contribution in [0.1, 0.15) is 51.4 Å². The lowest BCUT2D eigenvalue weighted by Crippen LogP contribution is -2.57. The molecule has 1 aromatic rings. The number of nitrogens with zero attached hydrogens (tertiary/aromatic N) is 1. The highest BCUT2D eigenvalue weighted by Crippen LogP contribution is 2.38. The minimum atomic E-state index is -1.81. The molecule has 1 aromatic carbocycles. The lowest BCUT2D eigenvalue weighted by Gasteiger charge is -2.42. The molecule has 0 unspecified atom stereocenters. The van der Waals surface area contributed by atoms with Crippen LogP contribution in [-0.2, 0) is 0 Å². The average molecular weight is 332 g/mol. The van der Waals surface area contributed by atoms with Crippen molar-refractivity contribution in [2.75, 3.05) is 25.9 Å². The minimum Gasteiger partial charge on any atom is -0.399 e. The number of piperidine rings is 1. The van der Waals surface area contributed by atoms with Crippen LogP contribution in [0.25, 0.3) is 0 Å². The van der Waals surface area contributed by atoms with E-state index in [2.05, 4.69) is 35.2 Å². The van der Waals surface area contributed by atoms with Gasteiger partial charge in [-0.15, -0.1) is 0 Å². The number of likely N-dealkylation sites (tertiary alicyclic amines) is 1. The summed E-state index contributed by atoms with van der Waals surface area (Å²) in [6.45, 7) is 3.75. The predicted molar refractivity (Wildman–Crippen MR) is 101 cm³/mol. The molecule has 0 spiro atoms. The van der Waals surface area contributed by atoms with Crippen molar-refractivity contribution in [2.45, 2.75) is 63.0 Å². The van der Waals surface area contributed by atoms with Crippen LogP contribution >= 0.6 is 0 Å². The van der Waals surface area contributed by atoms with Crippen molar-refractivity contribution in [3.63, 3.8) is 0 Å². The zero-order valence-corrected chi connectivity index (χ0v) is 15.6. The Bertz CT molecular complexity index is 454. The van der Waals surface area contributed by atoms with E-state index in [1.807, 2.05) is 0 Å². The van der Waals surface area contributed by atoms with Gasteiger partial charge in [-0.25, -0.2) is 0 Å². The topological polar surface area (TPSA) is 23.5 Å². The molecule has 1 N–H and O–H groups in total. The maximum absolute atomic E-state index is 10.6. The molecule has 1 aliphatic carbocycles. The molecule has 0 aromatic heterocycles. The third kappa shape index (κ3) is 4.07. The van der Waals surface area contributed by atoms with E-state index in [0.29, 0.717) is 6.23 Å². The van der Waals surface area contributed by atoms with Gasteiger partial charge in [-0.2, -0.15) is 0 Å². The van der Waals surface area contributed by atoms with E-state index in [1.165, 1.54) is 82.2 Å². The first-order chi connectivity index (χ1) is 11.3. The van der Waals surface area contributed by atoms with Crippen LogP contribution in [0.4, 0.5) is 0 Å². The highest BCUT2D eigenvalue weighted by atomic mass is 28.3. The van der Waals surface area contributed by atoms with Gasteiger partial charge in [-0.05, 0) is 44.1 Å². The zero-order valence-electron chi connectivity index (χ0n) is 14.6. The Morgan fingerprint density at radius 1 is 0.913 bits per heavy atom. The molecule has 2 fully saturated rings. The molecule has 3 heteroatoms. The smallest absolute Gasteiger partial charge is 0.119 e. The Hall–Kier alpha value is -0.643. The number of aliphatic hydroxyl groups is 1. The Morgan fingerprint density at radius 3 is 2.22 bits per heavy atom. The van der Waals surface area contributed by atoms with Gasteiger partial charge in [0.15, 0.2) is 0 Å². The van der Waals surface area contributed by atoms with Crippen LogP contribution in [0.5, 0.6) is 0 Å². The molecule has 0 amide bonds. The van der Waals surface area contributed by atoms with Crippen molar-refractivity contribution in [1.82, 2.24) is 4.90 Å². The van der Waals surface area contributed by atoms with Gasteiger partial charge in [0.2, 0.25) is 0 Å². The lowest BCUT2D eigenvalue weighted by atomic mass is 10.0. The van der Waals surface area contributed by atoms with Crippen LogP contribution < -0.4 is 5.19 Å². The van der Waals surface area contributed by atoms with Gasteiger partial charge in [0.05, 0.1) is 0 Å². The van der Waals surface area contributed by atoms with Gasteiger partial charge in [0, 0.05) is 6.23 Å². The summed E-state index contributed by atoms with van der Waals surface area (Å²) < 4.78 is 0. The summed E-state index contributed by atoms with van der Waals surface area (Å²) in [6.07, 6.45) is 11.4. The second kappa shape index (κ2) is 8.45. The maximum atomic E-state index is 10.6. The third-order valence-corrected chi connectivity index (χ3v) is 11.6. The van der Waals surface area contributed by atoms with Crippen molar-refractivity contribution in [3.8, 4) is 0 Å². The number of hydrogen-bond donors (Lipinski definition) is 1. The molecule has 3 rings (SSSR count). The molecule has 0 bridgehead atoms. The van der Waals surface area contributed by atoms with E-state index in [-0.39, 0.29) is 0 Å². The monoisotopic (exact) mass is 331 g/mol. The van der Waals surface area contributed by atoms with Crippen molar-refractivity contribution < 1.29 is 5.11 Å². The predicted octanol–water partition coefficient (Wildman–Crippen LogP) is 3.69. The molecule has 2 aliphatic rings. The second-order valence-electron chi connectivity index (χ2n) is 7.67. The van der Waals surface area contributed by atoms with Gasteiger partial charge >= 0.3 is 0 Å². The molecule has 1 saturated heterocycles. The van der Waals surface area contributed by atoms with Crippen LogP contribution in [0, 0.1) is 0 Å². The molecule has 0 radical (unpaired) electrons. The number of rotatable bonds is 6. The molecule has 1 heterocycles. The van der Waals surface area contributed by atoms with E-state index in [4.69, 9.17) is 0 Å². The Balaban J connectivity index is 1.79. The highest BCUT2D eigenvalue weighted by molar-refractivity contribution is 6.93. The van der Waals surface area contributed by atoms with E-state index in [9.17, 15) is 5.11 Å². The normalized spacial score (nSPS) is 23.5. The van der Waals surface area contributed by atoms with Gasteiger partial charge < -0.3 is 10.0 Å². The van der Waals surface area contributed by atoms with Crippen molar-refractivity contribution >= 4 is 13.3 Å². The molecule has 1 atom stereocenters. The summed E-state index contributed by atoms with van der Waals surface area (Å²) in [5, 5.41) is 12.1. The second-order valence-corrected chi connectivity index (χ2v) is 12.2. The van der Waals surface area contributed by atoms with Crippen LogP contribution in [0.2, 0.25) is 11.6 Å². The van der Waals surface area contributed by atoms with Gasteiger partial charge in [0.25, 0.3) is 0 Å². The minimum absolute atomic E-state index is 0.440.